The summed E-state index contributed by atoms with van der Waals surface area (Å²) in [5.41, 5.74) is 8.76. The van der Waals surface area contributed by atoms with Crippen LogP contribution in [0.5, 0.6) is 0 Å². The molecule has 0 saturated carbocycles. The van der Waals surface area contributed by atoms with Crippen molar-refractivity contribution in [3.8, 4) is 0 Å². The Morgan fingerprint density at radius 3 is 2.62 bits per heavy atom. The van der Waals surface area contributed by atoms with Gasteiger partial charge in [-0.25, -0.2) is 0 Å². The molecule has 0 aliphatic rings. The Balaban J connectivity index is 1.87. The summed E-state index contributed by atoms with van der Waals surface area (Å²) in [6, 6.07) is 19.1. The molecule has 0 unspecified atom stereocenters. The van der Waals surface area contributed by atoms with Gasteiger partial charge in [0.2, 0.25) is 0 Å². The van der Waals surface area contributed by atoms with Gasteiger partial charge >= 0.3 is 0 Å². The summed E-state index contributed by atoms with van der Waals surface area (Å²) < 4.78 is 0. The summed E-state index contributed by atoms with van der Waals surface area (Å²) in [7, 11) is 0. The molecule has 0 spiro atoms. The third kappa shape index (κ3) is 2.76. The zero-order valence-corrected chi connectivity index (χ0v) is 9.11. The zero-order chi connectivity index (χ0) is 11.2. The smallest absolute Gasteiger partial charge is 0.0654 e. The molecule has 0 saturated heterocycles. The van der Waals surface area contributed by atoms with Gasteiger partial charge in [0.1, 0.15) is 0 Å². The van der Waals surface area contributed by atoms with Crippen LogP contribution in [0.4, 0.5) is 11.4 Å². The molecule has 2 aromatic rings. The number of rotatable bonds is 4. The van der Waals surface area contributed by atoms with Gasteiger partial charge in [-0.05, 0) is 18.1 Å². The molecule has 2 nitrogen and oxygen atoms in total. The van der Waals surface area contributed by atoms with Gasteiger partial charge in [0, 0.05) is 12.6 Å². The summed E-state index contributed by atoms with van der Waals surface area (Å²) in [6.45, 7) is 0.870. The van der Waals surface area contributed by atoms with E-state index in [2.05, 4.69) is 35.6 Å². The molecule has 0 aromatic heterocycles. The number of nitrogens with one attached hydrogen (secondary N) is 1. The Hall–Kier alpha value is -1.96. The van der Waals surface area contributed by atoms with E-state index in [-0.39, 0.29) is 0 Å². The topological polar surface area (TPSA) is 38.0 Å². The van der Waals surface area contributed by atoms with E-state index in [4.69, 9.17) is 5.73 Å². The molecule has 1 radical (unpaired) electrons. The minimum atomic E-state index is 0.746. The van der Waals surface area contributed by atoms with Crippen LogP contribution in [0.2, 0.25) is 0 Å². The molecule has 0 bridgehead atoms. The van der Waals surface area contributed by atoms with Crippen LogP contribution >= 0.6 is 0 Å². The third-order valence-corrected chi connectivity index (χ3v) is 2.45. The van der Waals surface area contributed by atoms with Gasteiger partial charge in [-0.1, -0.05) is 42.5 Å². The number of hydrogen-bond donors (Lipinski definition) is 2. The largest absolute Gasteiger partial charge is 0.397 e. The number of hydrogen-bond acceptors (Lipinski definition) is 2. The fraction of sp³-hybridized carbons (Fsp3) is 0.143. The molecule has 0 atom stereocenters. The Labute approximate surface area is 96.1 Å². The first-order chi connectivity index (χ1) is 7.86. The number of para-hydroxylation sites is 1. The van der Waals surface area contributed by atoms with E-state index < -0.39 is 0 Å². The SMILES string of the molecule is Nc1ccc[c]c1NCCc1ccccc1. The van der Waals surface area contributed by atoms with Crippen LogP contribution in [0.3, 0.4) is 0 Å². The van der Waals surface area contributed by atoms with E-state index in [1.54, 1.807) is 0 Å². The van der Waals surface area contributed by atoms with Crippen molar-refractivity contribution in [1.82, 2.24) is 0 Å². The standard InChI is InChI=1S/C14H15N2/c15-13-8-4-5-9-14(13)16-11-10-12-6-2-1-3-7-12/h1-8,16H,10-11,15H2. The van der Waals surface area contributed by atoms with Crippen LogP contribution in [0.15, 0.2) is 48.5 Å². The second-order valence-corrected chi connectivity index (χ2v) is 3.66. The van der Waals surface area contributed by atoms with Gasteiger partial charge in [0.05, 0.1) is 11.4 Å². The summed E-state index contributed by atoms with van der Waals surface area (Å²) in [5, 5.41) is 3.28. The first-order valence-electron chi connectivity index (χ1n) is 5.40. The molecule has 16 heavy (non-hydrogen) atoms. The van der Waals surface area contributed by atoms with Crippen molar-refractivity contribution in [2.75, 3.05) is 17.6 Å². The molecule has 0 heterocycles. The van der Waals surface area contributed by atoms with Gasteiger partial charge in [0.25, 0.3) is 0 Å². The second kappa shape index (κ2) is 5.21. The molecule has 0 aliphatic carbocycles. The Morgan fingerprint density at radius 2 is 1.88 bits per heavy atom. The van der Waals surface area contributed by atoms with Crippen molar-refractivity contribution >= 4 is 11.4 Å². The van der Waals surface area contributed by atoms with Gasteiger partial charge in [-0.3, -0.25) is 0 Å². The van der Waals surface area contributed by atoms with Crippen molar-refractivity contribution in [2.45, 2.75) is 6.42 Å². The number of anilines is 2. The molecule has 0 fully saturated rings. The average molecular weight is 211 g/mol. The van der Waals surface area contributed by atoms with Crippen molar-refractivity contribution in [3.63, 3.8) is 0 Å². The monoisotopic (exact) mass is 211 g/mol. The van der Waals surface area contributed by atoms with Crippen molar-refractivity contribution in [1.29, 1.82) is 0 Å². The minimum Gasteiger partial charge on any atom is -0.397 e. The lowest BCUT2D eigenvalue weighted by Gasteiger charge is -2.08. The number of benzene rings is 2. The van der Waals surface area contributed by atoms with Crippen molar-refractivity contribution in [3.05, 3.63) is 60.2 Å². The highest BCUT2D eigenvalue weighted by atomic mass is 14.9. The summed E-state index contributed by atoms with van der Waals surface area (Å²) in [5.74, 6) is 0. The molecule has 0 amide bonds. The maximum absolute atomic E-state index is 5.81. The van der Waals surface area contributed by atoms with E-state index >= 15 is 0 Å². The first kappa shape index (κ1) is 10.6. The predicted octanol–water partition coefficient (Wildman–Crippen LogP) is 2.72. The molecule has 2 aromatic carbocycles. The second-order valence-electron chi connectivity index (χ2n) is 3.66. The Kier molecular flexibility index (Phi) is 3.44. The van der Waals surface area contributed by atoms with Crippen molar-refractivity contribution < 1.29 is 0 Å². The lowest BCUT2D eigenvalue weighted by molar-refractivity contribution is 1.02. The molecule has 2 heteroatoms. The highest BCUT2D eigenvalue weighted by Crippen LogP contribution is 2.15. The molecule has 0 aliphatic heterocycles. The van der Waals surface area contributed by atoms with Gasteiger partial charge in [-0.15, -0.1) is 0 Å². The lowest BCUT2D eigenvalue weighted by Crippen LogP contribution is -2.06. The first-order valence-corrected chi connectivity index (χ1v) is 5.40. The molecular weight excluding hydrogens is 196 g/mol. The van der Waals surface area contributed by atoms with E-state index in [0.717, 1.165) is 24.3 Å². The fourth-order valence-corrected chi connectivity index (χ4v) is 1.58. The molecule has 2 rings (SSSR count). The summed E-state index contributed by atoms with van der Waals surface area (Å²) >= 11 is 0. The normalized spacial score (nSPS) is 10.0. The fourth-order valence-electron chi connectivity index (χ4n) is 1.58. The minimum absolute atomic E-state index is 0.746. The highest BCUT2D eigenvalue weighted by molar-refractivity contribution is 5.64. The van der Waals surface area contributed by atoms with E-state index in [9.17, 15) is 0 Å². The van der Waals surface area contributed by atoms with Gasteiger partial charge < -0.3 is 11.1 Å². The summed E-state index contributed by atoms with van der Waals surface area (Å²) in [4.78, 5) is 0. The quantitative estimate of drug-likeness (QED) is 0.763. The Bertz CT molecular complexity index is 437. The van der Waals surface area contributed by atoms with Crippen LogP contribution in [0.25, 0.3) is 0 Å². The molecular formula is C14H15N2. The van der Waals surface area contributed by atoms with Crippen LogP contribution in [0.1, 0.15) is 5.56 Å². The van der Waals surface area contributed by atoms with Crippen LogP contribution in [-0.4, -0.2) is 6.54 Å². The molecule has 81 valence electrons. The van der Waals surface area contributed by atoms with E-state index in [0.29, 0.717) is 0 Å². The van der Waals surface area contributed by atoms with Gasteiger partial charge in [0.15, 0.2) is 0 Å². The van der Waals surface area contributed by atoms with E-state index in [1.165, 1.54) is 5.56 Å². The van der Waals surface area contributed by atoms with E-state index in [1.807, 2.05) is 24.3 Å². The summed E-state index contributed by atoms with van der Waals surface area (Å²) in [6.07, 6.45) is 0.989. The average Bonchev–Trinajstić information content (AvgIpc) is 2.33. The third-order valence-electron chi connectivity index (χ3n) is 2.45. The molecule has 3 N–H and O–H groups in total. The van der Waals surface area contributed by atoms with Crippen LogP contribution in [0, 0.1) is 6.07 Å². The Morgan fingerprint density at radius 1 is 1.06 bits per heavy atom. The zero-order valence-electron chi connectivity index (χ0n) is 9.11. The lowest BCUT2D eigenvalue weighted by atomic mass is 10.1. The van der Waals surface area contributed by atoms with Crippen molar-refractivity contribution in [2.24, 2.45) is 0 Å². The highest BCUT2D eigenvalue weighted by Gasteiger charge is 1.96. The number of nitrogens with two attached hydrogens (primary N) is 1. The maximum Gasteiger partial charge on any atom is 0.0654 e. The maximum atomic E-state index is 5.81. The predicted molar refractivity (Wildman–Crippen MR) is 68.3 cm³/mol. The van der Waals surface area contributed by atoms with Crippen LogP contribution in [-0.2, 0) is 6.42 Å². The van der Waals surface area contributed by atoms with Gasteiger partial charge in [-0.2, -0.15) is 0 Å². The number of nitrogen functional groups attached to an aromatic ring is 1. The van der Waals surface area contributed by atoms with Crippen LogP contribution < -0.4 is 11.1 Å².